The van der Waals surface area contributed by atoms with Gasteiger partial charge in [-0.25, -0.2) is 0 Å². The van der Waals surface area contributed by atoms with E-state index in [1.807, 2.05) is 48.5 Å². The topological polar surface area (TPSA) is 75.3 Å². The first kappa shape index (κ1) is 28.3. The lowest BCUT2D eigenvalue weighted by molar-refractivity contribution is -0.113. The van der Waals surface area contributed by atoms with Crippen LogP contribution in [0.25, 0.3) is 12.2 Å². The number of hydrogen-bond donors (Lipinski definition) is 2. The molecule has 0 heterocycles. The third-order valence-corrected chi connectivity index (χ3v) is 6.53. The maximum atomic E-state index is 13.3. The van der Waals surface area contributed by atoms with E-state index in [2.05, 4.69) is 24.5 Å². The fourth-order valence-electron chi connectivity index (χ4n) is 3.87. The zero-order chi connectivity index (χ0) is 28.5. The Kier molecular flexibility index (Phi) is 9.44. The third-order valence-electron chi connectivity index (χ3n) is 6.19. The first-order valence-corrected chi connectivity index (χ1v) is 13.2. The van der Waals surface area contributed by atoms with Crippen LogP contribution >= 0.6 is 11.6 Å². The largest absolute Gasteiger partial charge is 0.321 e. The molecule has 0 radical (unpaired) electrons. The summed E-state index contributed by atoms with van der Waals surface area (Å²) in [7, 11) is 0. The Balaban J connectivity index is 1.51. The van der Waals surface area contributed by atoms with E-state index in [1.165, 1.54) is 11.6 Å². The summed E-state index contributed by atoms with van der Waals surface area (Å²) in [5.41, 5.74) is 4.16. The second-order valence-corrected chi connectivity index (χ2v) is 9.86. The van der Waals surface area contributed by atoms with Crippen LogP contribution in [-0.2, 0) is 4.79 Å². The minimum Gasteiger partial charge on any atom is -0.321 e. The lowest BCUT2D eigenvalue weighted by atomic mass is 10.0. The van der Waals surface area contributed by atoms with Gasteiger partial charge in [-0.1, -0.05) is 86.1 Å². The van der Waals surface area contributed by atoms with Crippen LogP contribution in [0, 0.1) is 0 Å². The molecule has 2 amide bonds. The Hall–Kier alpha value is -4.74. The molecule has 0 fully saturated rings. The summed E-state index contributed by atoms with van der Waals surface area (Å²) in [6.07, 6.45) is 4.76. The highest BCUT2D eigenvalue weighted by atomic mass is 35.5. The van der Waals surface area contributed by atoms with Crippen LogP contribution < -0.4 is 10.6 Å². The average molecular weight is 549 g/mol. The van der Waals surface area contributed by atoms with Crippen molar-refractivity contribution in [1.82, 2.24) is 5.32 Å². The quantitative estimate of drug-likeness (QED) is 0.166. The zero-order valence-electron chi connectivity index (χ0n) is 22.2. The number of carbonyl (C=O) groups is 3. The van der Waals surface area contributed by atoms with Crippen molar-refractivity contribution in [3.63, 3.8) is 0 Å². The van der Waals surface area contributed by atoms with E-state index in [9.17, 15) is 14.4 Å². The minimum absolute atomic E-state index is 0.0916. The van der Waals surface area contributed by atoms with E-state index in [0.29, 0.717) is 27.8 Å². The highest BCUT2D eigenvalue weighted by molar-refractivity contribution is 6.32. The van der Waals surface area contributed by atoms with Crippen molar-refractivity contribution in [2.75, 3.05) is 5.32 Å². The summed E-state index contributed by atoms with van der Waals surface area (Å²) in [5.74, 6) is -0.708. The number of benzene rings is 4. The van der Waals surface area contributed by atoms with Gasteiger partial charge in [-0.15, -0.1) is 0 Å². The first-order valence-electron chi connectivity index (χ1n) is 12.9. The number of carbonyl (C=O) groups excluding carboxylic acids is 3. The van der Waals surface area contributed by atoms with Gasteiger partial charge in [-0.3, -0.25) is 14.4 Å². The van der Waals surface area contributed by atoms with E-state index in [-0.39, 0.29) is 11.5 Å². The van der Waals surface area contributed by atoms with E-state index in [1.54, 1.807) is 66.7 Å². The van der Waals surface area contributed by atoms with Gasteiger partial charge in [0.1, 0.15) is 5.70 Å². The second kappa shape index (κ2) is 13.4. The molecule has 0 aliphatic rings. The van der Waals surface area contributed by atoms with Crippen LogP contribution in [0.4, 0.5) is 5.69 Å². The van der Waals surface area contributed by atoms with E-state index >= 15 is 0 Å². The van der Waals surface area contributed by atoms with Gasteiger partial charge in [-0.05, 0) is 83.3 Å². The SMILES string of the molecule is CC(C)c1ccc(/C=C(\NC(=O)c2ccccc2)C(=O)Nc2ccc(C(=O)/C=C/c3ccccc3Cl)cc2)cc1. The number of nitrogens with one attached hydrogen (secondary N) is 2. The smallest absolute Gasteiger partial charge is 0.272 e. The number of halogens is 1. The van der Waals surface area contributed by atoms with Crippen molar-refractivity contribution >= 4 is 47.0 Å². The summed E-state index contributed by atoms with van der Waals surface area (Å²) in [4.78, 5) is 38.8. The van der Waals surface area contributed by atoms with Crippen LogP contribution in [0.1, 0.15) is 57.2 Å². The molecule has 200 valence electrons. The molecule has 0 atom stereocenters. The Morgan fingerprint density at radius 1 is 0.750 bits per heavy atom. The first-order chi connectivity index (χ1) is 19.3. The summed E-state index contributed by atoms with van der Waals surface area (Å²) in [6.45, 7) is 4.22. The number of hydrogen-bond acceptors (Lipinski definition) is 3. The second-order valence-electron chi connectivity index (χ2n) is 9.45. The van der Waals surface area contributed by atoms with Gasteiger partial charge in [-0.2, -0.15) is 0 Å². The molecular weight excluding hydrogens is 520 g/mol. The van der Waals surface area contributed by atoms with Crippen LogP contribution in [0.2, 0.25) is 5.02 Å². The van der Waals surface area contributed by atoms with Crippen LogP contribution in [0.15, 0.2) is 115 Å². The standard InChI is InChI=1S/C34H29ClN2O3/c1-23(2)25-14-12-24(13-15-25)22-31(37-33(39)28-9-4-3-5-10-28)34(40)36-29-19-16-27(17-20-29)32(38)21-18-26-8-6-7-11-30(26)35/h3-23H,1-2H3,(H,36,40)(H,37,39)/b21-18+,31-22-. The maximum Gasteiger partial charge on any atom is 0.272 e. The molecule has 6 heteroatoms. The van der Waals surface area contributed by atoms with Crippen molar-refractivity contribution in [2.24, 2.45) is 0 Å². The molecule has 4 rings (SSSR count). The molecule has 0 saturated heterocycles. The maximum absolute atomic E-state index is 13.3. The Labute approximate surface area is 239 Å². The summed E-state index contributed by atoms with van der Waals surface area (Å²) in [5, 5.41) is 6.11. The molecule has 0 aliphatic carbocycles. The van der Waals surface area contributed by atoms with Gasteiger partial charge in [0.2, 0.25) is 0 Å². The van der Waals surface area contributed by atoms with Gasteiger partial charge in [0, 0.05) is 21.8 Å². The van der Waals surface area contributed by atoms with Gasteiger partial charge in [0.25, 0.3) is 11.8 Å². The molecule has 40 heavy (non-hydrogen) atoms. The van der Waals surface area contributed by atoms with Crippen LogP contribution in [0.3, 0.4) is 0 Å². The molecule has 0 spiro atoms. The highest BCUT2D eigenvalue weighted by Gasteiger charge is 2.15. The average Bonchev–Trinajstić information content (AvgIpc) is 2.97. The van der Waals surface area contributed by atoms with Gasteiger partial charge >= 0.3 is 0 Å². The lowest BCUT2D eigenvalue weighted by Gasteiger charge is -2.12. The zero-order valence-corrected chi connectivity index (χ0v) is 23.0. The number of amides is 2. The predicted molar refractivity (Wildman–Crippen MR) is 162 cm³/mol. The molecule has 2 N–H and O–H groups in total. The molecule has 0 unspecified atom stereocenters. The Morgan fingerprint density at radius 2 is 1.40 bits per heavy atom. The Bertz CT molecular complexity index is 1560. The fourth-order valence-corrected chi connectivity index (χ4v) is 4.07. The van der Waals surface area contributed by atoms with Crippen LogP contribution in [-0.4, -0.2) is 17.6 Å². The molecule has 0 saturated carbocycles. The van der Waals surface area contributed by atoms with Crippen LogP contribution in [0.5, 0.6) is 0 Å². The van der Waals surface area contributed by atoms with Crippen molar-refractivity contribution in [3.8, 4) is 0 Å². The van der Waals surface area contributed by atoms with Gasteiger partial charge in [0.15, 0.2) is 5.78 Å². The summed E-state index contributed by atoms with van der Waals surface area (Å²) in [6, 6.07) is 30.3. The monoisotopic (exact) mass is 548 g/mol. The van der Waals surface area contributed by atoms with E-state index < -0.39 is 11.8 Å². The highest BCUT2D eigenvalue weighted by Crippen LogP contribution is 2.19. The Morgan fingerprint density at radius 3 is 2.05 bits per heavy atom. The van der Waals surface area contributed by atoms with Gasteiger partial charge < -0.3 is 10.6 Å². The molecule has 5 nitrogen and oxygen atoms in total. The molecule has 4 aromatic rings. The number of allylic oxidation sites excluding steroid dienone is 1. The summed E-state index contributed by atoms with van der Waals surface area (Å²) >= 11 is 6.15. The number of anilines is 1. The molecule has 4 aromatic carbocycles. The molecule has 0 bridgehead atoms. The molecule has 0 aliphatic heterocycles. The van der Waals surface area contributed by atoms with Crippen molar-refractivity contribution in [2.45, 2.75) is 19.8 Å². The van der Waals surface area contributed by atoms with E-state index in [0.717, 1.165) is 11.1 Å². The number of ketones is 1. The summed E-state index contributed by atoms with van der Waals surface area (Å²) < 4.78 is 0. The minimum atomic E-state index is -0.491. The van der Waals surface area contributed by atoms with Crippen molar-refractivity contribution in [3.05, 3.63) is 148 Å². The van der Waals surface area contributed by atoms with Crippen molar-refractivity contribution < 1.29 is 14.4 Å². The third kappa shape index (κ3) is 7.65. The normalized spacial score (nSPS) is 11.4. The molecular formula is C34H29ClN2O3. The van der Waals surface area contributed by atoms with E-state index in [4.69, 9.17) is 11.6 Å². The van der Waals surface area contributed by atoms with Gasteiger partial charge in [0.05, 0.1) is 0 Å². The lowest BCUT2D eigenvalue weighted by Crippen LogP contribution is -2.30. The predicted octanol–water partition coefficient (Wildman–Crippen LogP) is 7.77. The fraction of sp³-hybridized carbons (Fsp3) is 0.0882. The molecule has 0 aromatic heterocycles. The number of rotatable bonds is 9. The van der Waals surface area contributed by atoms with Crippen molar-refractivity contribution in [1.29, 1.82) is 0 Å².